The number of thioether (sulfide) groups is 1. The molecule has 1 amide bonds. The summed E-state index contributed by atoms with van der Waals surface area (Å²) in [4.78, 5) is 12.3. The zero-order chi connectivity index (χ0) is 23.1. The smallest absolute Gasteiger partial charge is 0.264 e. The zero-order valence-electron chi connectivity index (χ0n) is 17.5. The number of ether oxygens (including phenoxy) is 1. The van der Waals surface area contributed by atoms with Gasteiger partial charge in [0.05, 0.1) is 10.6 Å². The van der Waals surface area contributed by atoms with E-state index in [4.69, 9.17) is 4.74 Å². The van der Waals surface area contributed by atoms with Crippen molar-refractivity contribution in [2.45, 2.75) is 16.2 Å². The van der Waals surface area contributed by atoms with Gasteiger partial charge in [0.2, 0.25) is 5.13 Å². The van der Waals surface area contributed by atoms with Crippen LogP contribution in [0.5, 0.6) is 5.75 Å². The fraction of sp³-hybridized carbons (Fsp3) is 0.190. The van der Waals surface area contributed by atoms with Crippen LogP contribution in [0.25, 0.3) is 0 Å². The van der Waals surface area contributed by atoms with Gasteiger partial charge in [-0.1, -0.05) is 46.9 Å². The molecule has 0 saturated heterocycles. The van der Waals surface area contributed by atoms with Gasteiger partial charge in [-0.25, -0.2) is 8.42 Å². The minimum absolute atomic E-state index is 0.213. The third-order valence-electron chi connectivity index (χ3n) is 4.23. The predicted molar refractivity (Wildman–Crippen MR) is 128 cm³/mol. The van der Waals surface area contributed by atoms with Crippen molar-refractivity contribution in [3.63, 3.8) is 0 Å². The lowest BCUT2D eigenvalue weighted by Gasteiger charge is -2.20. The molecule has 1 aromatic heterocycles. The predicted octanol–water partition coefficient (Wildman–Crippen LogP) is 3.97. The highest BCUT2D eigenvalue weighted by atomic mass is 32.2. The Morgan fingerprint density at radius 1 is 1.19 bits per heavy atom. The van der Waals surface area contributed by atoms with Gasteiger partial charge >= 0.3 is 0 Å². The summed E-state index contributed by atoms with van der Waals surface area (Å²) in [6.45, 7) is 5.32. The number of carbonyl (C=O) groups is 1. The molecule has 3 aromatic rings. The van der Waals surface area contributed by atoms with E-state index in [0.717, 1.165) is 9.90 Å². The second-order valence-corrected chi connectivity index (χ2v) is 10.8. The number of sulfonamides is 1. The molecule has 3 rings (SSSR count). The largest absolute Gasteiger partial charge is 0.484 e. The van der Waals surface area contributed by atoms with Crippen molar-refractivity contribution in [2.75, 3.05) is 29.0 Å². The van der Waals surface area contributed by atoms with Crippen LogP contribution in [0.3, 0.4) is 0 Å². The minimum atomic E-state index is -3.68. The molecular formula is C21H22N4O4S3. The number of aromatic nitrogens is 2. The number of benzene rings is 2. The zero-order valence-corrected chi connectivity index (χ0v) is 20.0. The van der Waals surface area contributed by atoms with Crippen LogP contribution in [0.15, 0.2) is 70.4 Å². The summed E-state index contributed by atoms with van der Waals surface area (Å²) in [7, 11) is -2.19. The van der Waals surface area contributed by atoms with Crippen LogP contribution in [0.1, 0.15) is 5.56 Å². The quantitative estimate of drug-likeness (QED) is 0.261. The molecule has 0 aliphatic rings. The maximum atomic E-state index is 12.8. The standard InChI is InChI=1S/C21H22N4O4S3/c1-4-13-30-21-24-23-20(31-21)22-19(26)14-29-17-9-7-16(8-10-17)25(3)32(27,28)18-11-5-15(2)6-12-18/h4-12H,1,13-14H2,2-3H3,(H,22,23,26). The molecule has 0 atom stereocenters. The molecule has 32 heavy (non-hydrogen) atoms. The molecule has 0 bridgehead atoms. The molecule has 8 nitrogen and oxygen atoms in total. The molecule has 0 fully saturated rings. The Labute approximate surface area is 195 Å². The summed E-state index contributed by atoms with van der Waals surface area (Å²) >= 11 is 2.75. The SMILES string of the molecule is C=CCSc1nnc(NC(=O)COc2ccc(N(C)S(=O)(=O)c3ccc(C)cc3)cc2)s1. The highest BCUT2D eigenvalue weighted by molar-refractivity contribution is 8.01. The average Bonchev–Trinajstić information content (AvgIpc) is 3.23. The number of aryl methyl sites for hydroxylation is 1. The van der Waals surface area contributed by atoms with Crippen LogP contribution in [-0.2, 0) is 14.8 Å². The molecule has 2 aromatic carbocycles. The van der Waals surface area contributed by atoms with Gasteiger partial charge in [-0.05, 0) is 43.3 Å². The number of carbonyl (C=O) groups excluding carboxylic acids is 1. The minimum Gasteiger partial charge on any atom is -0.484 e. The summed E-state index contributed by atoms with van der Waals surface area (Å²) in [5.41, 5.74) is 1.45. The Morgan fingerprint density at radius 3 is 2.53 bits per heavy atom. The van der Waals surface area contributed by atoms with Crippen molar-refractivity contribution >= 4 is 49.8 Å². The average molecular weight is 491 g/mol. The van der Waals surface area contributed by atoms with Crippen LogP contribution < -0.4 is 14.4 Å². The number of nitrogens with zero attached hydrogens (tertiary/aromatic N) is 3. The van der Waals surface area contributed by atoms with E-state index in [0.29, 0.717) is 22.3 Å². The lowest BCUT2D eigenvalue weighted by molar-refractivity contribution is -0.118. The van der Waals surface area contributed by atoms with Crippen molar-refractivity contribution < 1.29 is 17.9 Å². The van der Waals surface area contributed by atoms with E-state index in [-0.39, 0.29) is 17.4 Å². The van der Waals surface area contributed by atoms with Crippen molar-refractivity contribution in [1.82, 2.24) is 10.2 Å². The maximum Gasteiger partial charge on any atom is 0.264 e. The monoisotopic (exact) mass is 490 g/mol. The van der Waals surface area contributed by atoms with Gasteiger partial charge in [-0.2, -0.15) is 0 Å². The first-order valence-electron chi connectivity index (χ1n) is 9.45. The Balaban J connectivity index is 1.56. The van der Waals surface area contributed by atoms with Gasteiger partial charge < -0.3 is 4.74 Å². The Kier molecular flexibility index (Phi) is 7.89. The molecule has 0 radical (unpaired) electrons. The van der Waals surface area contributed by atoms with Crippen LogP contribution in [0.2, 0.25) is 0 Å². The first kappa shape index (κ1) is 23.8. The van der Waals surface area contributed by atoms with E-state index in [2.05, 4.69) is 22.1 Å². The molecule has 0 aliphatic heterocycles. The second-order valence-electron chi connectivity index (χ2n) is 6.59. The molecule has 0 aliphatic carbocycles. The lowest BCUT2D eigenvalue weighted by atomic mass is 10.2. The molecule has 0 saturated carbocycles. The van der Waals surface area contributed by atoms with Crippen molar-refractivity contribution in [3.8, 4) is 5.75 Å². The topological polar surface area (TPSA) is 101 Å². The third-order valence-corrected chi connectivity index (χ3v) is 7.99. The molecular weight excluding hydrogens is 468 g/mol. The van der Waals surface area contributed by atoms with Gasteiger partial charge in [0, 0.05) is 12.8 Å². The number of hydrogen-bond acceptors (Lipinski definition) is 8. The van der Waals surface area contributed by atoms with E-state index in [1.54, 1.807) is 54.6 Å². The molecule has 1 heterocycles. The fourth-order valence-corrected chi connectivity index (χ4v) is 5.24. The van der Waals surface area contributed by atoms with Gasteiger partial charge in [0.25, 0.3) is 15.9 Å². The van der Waals surface area contributed by atoms with Crippen LogP contribution in [0.4, 0.5) is 10.8 Å². The number of anilines is 2. The molecule has 0 spiro atoms. The van der Waals surface area contributed by atoms with Crippen LogP contribution in [-0.4, -0.2) is 43.9 Å². The second kappa shape index (κ2) is 10.6. The van der Waals surface area contributed by atoms with Crippen molar-refractivity contribution in [2.24, 2.45) is 0 Å². The highest BCUT2D eigenvalue weighted by Crippen LogP contribution is 2.26. The first-order chi connectivity index (χ1) is 15.3. The maximum absolute atomic E-state index is 12.8. The normalized spacial score (nSPS) is 11.1. The number of amides is 1. The summed E-state index contributed by atoms with van der Waals surface area (Å²) in [5, 5.41) is 10.9. The van der Waals surface area contributed by atoms with E-state index >= 15 is 0 Å². The molecule has 1 N–H and O–H groups in total. The summed E-state index contributed by atoms with van der Waals surface area (Å²) < 4.78 is 33.0. The Bertz CT molecular complexity index is 1180. The van der Waals surface area contributed by atoms with Crippen molar-refractivity contribution in [1.29, 1.82) is 0 Å². The number of rotatable bonds is 10. The molecule has 168 valence electrons. The Hall–Kier alpha value is -2.89. The van der Waals surface area contributed by atoms with E-state index in [9.17, 15) is 13.2 Å². The van der Waals surface area contributed by atoms with Gasteiger partial charge in [-0.3, -0.25) is 14.4 Å². The van der Waals surface area contributed by atoms with E-state index in [1.807, 2.05) is 6.92 Å². The lowest BCUT2D eigenvalue weighted by Crippen LogP contribution is -2.26. The number of hydrogen-bond donors (Lipinski definition) is 1. The first-order valence-corrected chi connectivity index (χ1v) is 12.7. The van der Waals surface area contributed by atoms with E-state index < -0.39 is 10.0 Å². The van der Waals surface area contributed by atoms with E-state index in [1.165, 1.54) is 34.5 Å². The molecule has 11 heteroatoms. The third kappa shape index (κ3) is 6.09. The van der Waals surface area contributed by atoms with Crippen molar-refractivity contribution in [3.05, 3.63) is 66.7 Å². The van der Waals surface area contributed by atoms with Crippen LogP contribution in [0, 0.1) is 6.92 Å². The van der Waals surface area contributed by atoms with Gasteiger partial charge in [-0.15, -0.1) is 16.8 Å². The highest BCUT2D eigenvalue weighted by Gasteiger charge is 2.21. The Morgan fingerprint density at radius 2 is 1.88 bits per heavy atom. The summed E-state index contributed by atoms with van der Waals surface area (Å²) in [6.07, 6.45) is 1.76. The summed E-state index contributed by atoms with van der Waals surface area (Å²) in [6, 6.07) is 13.1. The molecule has 0 unspecified atom stereocenters. The van der Waals surface area contributed by atoms with Gasteiger partial charge in [0.15, 0.2) is 10.9 Å². The summed E-state index contributed by atoms with van der Waals surface area (Å²) in [5.74, 6) is 0.775. The van der Waals surface area contributed by atoms with Gasteiger partial charge in [0.1, 0.15) is 5.75 Å². The van der Waals surface area contributed by atoms with Crippen LogP contribution >= 0.6 is 23.1 Å². The fourth-order valence-electron chi connectivity index (χ4n) is 2.51. The number of nitrogens with one attached hydrogen (secondary N) is 1.